The van der Waals surface area contributed by atoms with E-state index in [2.05, 4.69) is 56.5 Å². The molecular formula is C52H53N13O20S7. The molecule has 8 N–H and O–H groups in total. The molecule has 33 nitrogen and oxygen atoms in total. The number of hydrogen-bond donors (Lipinski definition) is 8. The van der Waals surface area contributed by atoms with Crippen LogP contribution in [0, 0.1) is 25.2 Å². The number of rotatable bonds is 28. The Morgan fingerprint density at radius 2 is 1.11 bits per heavy atom. The van der Waals surface area contributed by atoms with E-state index in [0.717, 1.165) is 59.3 Å². The van der Waals surface area contributed by atoms with Crippen LogP contribution in [0.2, 0.25) is 0 Å². The van der Waals surface area contributed by atoms with Gasteiger partial charge >= 0.3 is 0 Å². The summed E-state index contributed by atoms with van der Waals surface area (Å²) in [5, 5.41) is 62.1. The van der Waals surface area contributed by atoms with Crippen molar-refractivity contribution in [2.45, 2.75) is 66.5 Å². The summed E-state index contributed by atoms with van der Waals surface area (Å²) in [7, 11) is -21.5. The number of nitriles is 1. The van der Waals surface area contributed by atoms with E-state index >= 15 is 0 Å². The number of benzene rings is 5. The van der Waals surface area contributed by atoms with Gasteiger partial charge in [0.15, 0.2) is 11.3 Å². The van der Waals surface area contributed by atoms with Crippen LogP contribution in [0.1, 0.15) is 49.8 Å². The van der Waals surface area contributed by atoms with Gasteiger partial charge in [-0.1, -0.05) is 0 Å². The molecule has 0 radical (unpaired) electrons. The van der Waals surface area contributed by atoms with Crippen molar-refractivity contribution in [3.8, 4) is 23.4 Å². The van der Waals surface area contributed by atoms with E-state index in [1.807, 2.05) is 6.07 Å². The molecule has 92 heavy (non-hydrogen) atoms. The summed E-state index contributed by atoms with van der Waals surface area (Å²) >= 11 is 2.06. The number of aryl methyl sites for hydroxylation is 1. The summed E-state index contributed by atoms with van der Waals surface area (Å²) in [6, 6.07) is 17.1. The Bertz CT molecular complexity index is 4850. The fourth-order valence-electron chi connectivity index (χ4n) is 8.24. The van der Waals surface area contributed by atoms with Gasteiger partial charge in [-0.25, -0.2) is 4.98 Å². The van der Waals surface area contributed by atoms with Gasteiger partial charge in [-0.05, 0) is 111 Å². The van der Waals surface area contributed by atoms with Gasteiger partial charge in [-0.15, -0.1) is 54.2 Å². The highest BCUT2D eigenvalue weighted by atomic mass is 32.2. The molecule has 5 aromatic carbocycles. The number of ether oxygens (including phenoxy) is 2. The number of azo groups is 4. The van der Waals surface area contributed by atoms with Gasteiger partial charge in [0.25, 0.3) is 50.6 Å². The molecule has 0 aliphatic heterocycles. The van der Waals surface area contributed by atoms with Crippen molar-refractivity contribution in [2.24, 2.45) is 40.9 Å². The normalized spacial score (nSPS) is 12.7. The molecule has 0 bridgehead atoms. The highest BCUT2D eigenvalue weighted by molar-refractivity contribution is 7.99. The fourth-order valence-corrected chi connectivity index (χ4v) is 13.1. The van der Waals surface area contributed by atoms with Crippen LogP contribution in [-0.4, -0.2) is 134 Å². The predicted molar refractivity (Wildman–Crippen MR) is 336 cm³/mol. The second-order valence-corrected chi connectivity index (χ2v) is 29.2. The maximum atomic E-state index is 12.8. The van der Waals surface area contributed by atoms with Crippen LogP contribution < -0.4 is 20.1 Å². The molecule has 0 saturated heterocycles. The van der Waals surface area contributed by atoms with E-state index < -0.39 is 95.3 Å². The van der Waals surface area contributed by atoms with Crippen molar-refractivity contribution in [2.75, 3.05) is 53.1 Å². The number of aromatic nitrogens is 2. The first kappa shape index (κ1) is 71.0. The molecule has 2 amide bonds. The summed E-state index contributed by atoms with van der Waals surface area (Å²) in [4.78, 5) is 29.1. The highest BCUT2D eigenvalue weighted by Crippen LogP contribution is 2.46. The first-order chi connectivity index (χ1) is 43.0. The zero-order valence-corrected chi connectivity index (χ0v) is 54.2. The Morgan fingerprint density at radius 1 is 0.609 bits per heavy atom. The molecule has 2 aromatic heterocycles. The van der Waals surface area contributed by atoms with E-state index in [9.17, 15) is 84.8 Å². The number of anilines is 2. The monoisotopic (exact) mass is 1400 g/mol. The SMILES string of the molecule is COc1cc2c(cc1S(=O)(=O)O)nc1c(C#N)c(C)c(N=Nc3cc(C)c(N=Nc4cc(NC(C)=O)c(N=Nc5cc(NC(C)=O)c(N=Nc6ccc(S(=O)(=O)O)cc6)cc5SCCCS(=O)(=O)O)cc4SCCCS(=O)(=O)O)cc3OCCCS(=O)(=O)O)c(O)n12. The third-order valence-electron chi connectivity index (χ3n) is 12.4. The number of fused-ring (bicyclic) bond motifs is 3. The number of carbonyl (C=O) groups excluding carboxylic acids is 2. The quantitative estimate of drug-likeness (QED) is 0.00977. The summed E-state index contributed by atoms with van der Waals surface area (Å²) < 4.78 is 177. The van der Waals surface area contributed by atoms with Crippen LogP contribution in [0.25, 0.3) is 16.7 Å². The molecule has 0 saturated carbocycles. The Hall–Kier alpha value is -8.47. The molecule has 0 spiro atoms. The Morgan fingerprint density at radius 3 is 1.60 bits per heavy atom. The second kappa shape index (κ2) is 29.4. The first-order valence-corrected chi connectivity index (χ1v) is 35.9. The van der Waals surface area contributed by atoms with Crippen molar-refractivity contribution in [3.63, 3.8) is 0 Å². The maximum Gasteiger partial charge on any atom is 0.298 e. The molecule has 0 unspecified atom stereocenters. The molecule has 7 rings (SSSR count). The number of carbonyl (C=O) groups is 2. The van der Waals surface area contributed by atoms with Gasteiger partial charge in [0.05, 0.1) is 69.7 Å². The van der Waals surface area contributed by atoms with Crippen LogP contribution in [0.3, 0.4) is 0 Å². The lowest BCUT2D eigenvalue weighted by molar-refractivity contribution is -0.115. The topological polar surface area (TPSA) is 509 Å². The molecule has 40 heteroatoms. The molecule has 488 valence electrons. The number of aromatic hydroxyl groups is 1. The third-order valence-corrected chi connectivity index (χ3v) is 18.8. The van der Waals surface area contributed by atoms with E-state index in [4.69, 9.17) is 9.47 Å². The molecule has 2 heterocycles. The number of nitrogens with one attached hydrogen (secondary N) is 2. The molecular weight excluding hydrogens is 1350 g/mol. The smallest absolute Gasteiger partial charge is 0.298 e. The van der Waals surface area contributed by atoms with Crippen molar-refractivity contribution >= 4 is 159 Å². The third kappa shape index (κ3) is 19.3. The minimum absolute atomic E-state index is 0.0206. The van der Waals surface area contributed by atoms with Gasteiger partial charge in [0, 0.05) is 41.3 Å². The average molecular weight is 1400 g/mol. The molecule has 0 aliphatic carbocycles. The number of methoxy groups -OCH3 is 1. The van der Waals surface area contributed by atoms with Gasteiger partial charge in [0.2, 0.25) is 17.7 Å². The largest absolute Gasteiger partial charge is 0.495 e. The molecule has 0 aliphatic rings. The van der Waals surface area contributed by atoms with Crippen LogP contribution in [0.4, 0.5) is 56.9 Å². The predicted octanol–water partition coefficient (Wildman–Crippen LogP) is 11.2. The van der Waals surface area contributed by atoms with Crippen LogP contribution >= 0.6 is 23.5 Å². The van der Waals surface area contributed by atoms with Crippen molar-refractivity contribution < 1.29 is 89.0 Å². The first-order valence-electron chi connectivity index (χ1n) is 26.2. The van der Waals surface area contributed by atoms with Gasteiger partial charge < -0.3 is 25.2 Å². The number of hydrogen-bond acceptors (Lipinski definition) is 27. The number of amides is 2. The van der Waals surface area contributed by atoms with Crippen molar-refractivity contribution in [3.05, 3.63) is 89.5 Å². The Labute approximate surface area is 533 Å². The lowest BCUT2D eigenvalue weighted by Gasteiger charge is -2.13. The lowest BCUT2D eigenvalue weighted by atomic mass is 10.1. The molecule has 7 aromatic rings. The number of pyridine rings is 1. The van der Waals surface area contributed by atoms with E-state index in [0.29, 0.717) is 5.56 Å². The Balaban J connectivity index is 1.33. The van der Waals surface area contributed by atoms with E-state index in [-0.39, 0.29) is 143 Å². The minimum Gasteiger partial charge on any atom is -0.495 e. The summed E-state index contributed by atoms with van der Waals surface area (Å²) in [6.07, 6.45) is -0.384. The summed E-state index contributed by atoms with van der Waals surface area (Å²) in [5.74, 6) is -4.13. The van der Waals surface area contributed by atoms with Crippen molar-refractivity contribution in [1.29, 1.82) is 5.26 Å². The van der Waals surface area contributed by atoms with Crippen LogP contribution in [0.15, 0.2) is 133 Å². The van der Waals surface area contributed by atoms with Crippen molar-refractivity contribution in [1.82, 2.24) is 9.38 Å². The van der Waals surface area contributed by atoms with Gasteiger partial charge in [-0.3, -0.25) is 36.8 Å². The number of imidazole rings is 1. The molecule has 0 atom stereocenters. The van der Waals surface area contributed by atoms with Gasteiger partial charge in [-0.2, -0.15) is 57.6 Å². The van der Waals surface area contributed by atoms with Crippen LogP contribution in [0.5, 0.6) is 17.4 Å². The van der Waals surface area contributed by atoms with Crippen LogP contribution in [-0.2, 0) is 60.2 Å². The zero-order valence-electron chi connectivity index (χ0n) is 48.5. The Kier molecular flexibility index (Phi) is 22.7. The summed E-state index contributed by atoms with van der Waals surface area (Å²) in [5.41, 5.74) is -0.0311. The fraction of sp³-hybridized carbons (Fsp3) is 0.269. The maximum absolute atomic E-state index is 12.8. The number of thioether (sulfide) groups is 2. The second-order valence-electron chi connectivity index (χ2n) is 19.4. The highest BCUT2D eigenvalue weighted by Gasteiger charge is 2.26. The average Bonchev–Trinajstić information content (AvgIpc) is 1.55. The minimum atomic E-state index is -4.84. The standard InChI is InChI=1S/C52H53N13O20S7/c1-28-19-41(61-64-50-29(2)34(27-53)51-56-40-25-49(92(81,82)83)46(84-5)26-44(40)65(51)52(50)68)45(85-13-6-16-88(69,70)71)22-35(28)58-62-42-21-37(55-31(4)67)39(24-48(42)87-15-8-18-90(75,76)77)60-63-43-20-36(54-30(3)66)38(23-47(43)86-14-7-17-89(72,73)74)59-57-32-9-11-33(12-10-32)91(78,79)80/h9-12,19-26,68H,6-8,13-18H2,1-5H3,(H,54,66)(H,55,67)(H,69,70,71)(H,72,73,74)(H,75,76,77)(H,78,79,80)(H,81,82,83). The molecule has 0 fully saturated rings. The zero-order chi connectivity index (χ0) is 67.7. The van der Waals surface area contributed by atoms with Gasteiger partial charge in [0.1, 0.15) is 56.5 Å². The van der Waals surface area contributed by atoms with E-state index in [1.165, 1.54) is 69.3 Å². The van der Waals surface area contributed by atoms with E-state index in [1.54, 1.807) is 6.92 Å². The number of nitrogens with zero attached hydrogens (tertiary/aromatic N) is 11. The lowest BCUT2D eigenvalue weighted by Crippen LogP contribution is -2.08. The summed E-state index contributed by atoms with van der Waals surface area (Å²) in [6.45, 7) is 5.03.